The minimum Gasteiger partial charge on any atom is -0.497 e. The third kappa shape index (κ3) is 3.54. The SMILES string of the molecule is COc1cc(OC)cc(C(=O)Nc2nnc(-c3ccc4c(c3)OCCO4)o2)c1. The average molecular weight is 383 g/mol. The predicted octanol–water partition coefficient (Wildman–Crippen LogP) is 2.78. The molecule has 0 aliphatic carbocycles. The Kier molecular flexibility index (Phi) is 4.71. The molecule has 0 spiro atoms. The van der Waals surface area contributed by atoms with E-state index in [4.69, 9.17) is 23.4 Å². The molecule has 1 aliphatic rings. The number of aromatic nitrogens is 2. The van der Waals surface area contributed by atoms with Crippen LogP contribution in [-0.4, -0.2) is 43.5 Å². The number of methoxy groups -OCH3 is 2. The van der Waals surface area contributed by atoms with Crippen LogP contribution in [0.5, 0.6) is 23.0 Å². The second-order valence-corrected chi connectivity index (χ2v) is 5.83. The van der Waals surface area contributed by atoms with Crippen LogP contribution >= 0.6 is 0 Å². The van der Waals surface area contributed by atoms with Crippen LogP contribution in [-0.2, 0) is 0 Å². The van der Waals surface area contributed by atoms with Gasteiger partial charge in [-0.15, -0.1) is 5.10 Å². The maximum atomic E-state index is 12.5. The van der Waals surface area contributed by atoms with Gasteiger partial charge in [-0.2, -0.15) is 0 Å². The van der Waals surface area contributed by atoms with Gasteiger partial charge in [-0.3, -0.25) is 10.1 Å². The Morgan fingerprint density at radius 1 is 0.964 bits per heavy atom. The van der Waals surface area contributed by atoms with Crippen LogP contribution in [0.25, 0.3) is 11.5 Å². The van der Waals surface area contributed by atoms with Gasteiger partial charge in [0.2, 0.25) is 5.89 Å². The summed E-state index contributed by atoms with van der Waals surface area (Å²) in [6, 6.07) is 10.1. The number of hydrogen-bond donors (Lipinski definition) is 1. The molecule has 2 heterocycles. The van der Waals surface area contributed by atoms with Crippen molar-refractivity contribution >= 4 is 11.9 Å². The molecule has 0 unspecified atom stereocenters. The fraction of sp³-hybridized carbons (Fsp3) is 0.211. The lowest BCUT2D eigenvalue weighted by molar-refractivity contribution is 0.102. The molecule has 0 saturated carbocycles. The summed E-state index contributed by atoms with van der Waals surface area (Å²) in [6.07, 6.45) is 0. The molecule has 4 rings (SSSR count). The standard InChI is InChI=1S/C19H17N3O6/c1-24-13-7-12(8-14(10-13)25-2)17(23)20-19-22-21-18(28-19)11-3-4-15-16(9-11)27-6-5-26-15/h3-4,7-10H,5-6H2,1-2H3,(H,20,22,23). The zero-order chi connectivity index (χ0) is 19.5. The topological polar surface area (TPSA) is 105 Å². The largest absolute Gasteiger partial charge is 0.497 e. The molecule has 9 heteroatoms. The summed E-state index contributed by atoms with van der Waals surface area (Å²) in [5.74, 6) is 2.06. The molecule has 2 aromatic carbocycles. The molecular weight excluding hydrogens is 366 g/mol. The van der Waals surface area contributed by atoms with E-state index < -0.39 is 5.91 Å². The Hall–Kier alpha value is -3.75. The summed E-state index contributed by atoms with van der Waals surface area (Å²) in [5, 5.41) is 10.4. The van der Waals surface area contributed by atoms with Crippen LogP contribution in [0.2, 0.25) is 0 Å². The van der Waals surface area contributed by atoms with E-state index in [0.29, 0.717) is 47.3 Å². The normalized spacial score (nSPS) is 12.4. The van der Waals surface area contributed by atoms with E-state index in [-0.39, 0.29) is 11.9 Å². The van der Waals surface area contributed by atoms with Gasteiger partial charge in [0, 0.05) is 17.2 Å². The van der Waals surface area contributed by atoms with Gasteiger partial charge in [-0.25, -0.2) is 0 Å². The van der Waals surface area contributed by atoms with Crippen LogP contribution in [0.15, 0.2) is 40.8 Å². The average Bonchev–Trinajstić information content (AvgIpc) is 3.21. The van der Waals surface area contributed by atoms with Crippen molar-refractivity contribution in [2.45, 2.75) is 0 Å². The number of carbonyl (C=O) groups is 1. The zero-order valence-corrected chi connectivity index (χ0v) is 15.2. The number of carbonyl (C=O) groups excluding carboxylic acids is 1. The maximum Gasteiger partial charge on any atom is 0.322 e. The smallest absolute Gasteiger partial charge is 0.322 e. The molecule has 3 aromatic rings. The summed E-state index contributed by atoms with van der Waals surface area (Å²) < 4.78 is 26.9. The van der Waals surface area contributed by atoms with E-state index in [0.717, 1.165) is 0 Å². The molecule has 0 atom stereocenters. The first-order valence-electron chi connectivity index (χ1n) is 8.44. The quantitative estimate of drug-likeness (QED) is 0.717. The number of benzene rings is 2. The number of hydrogen-bond acceptors (Lipinski definition) is 8. The maximum absolute atomic E-state index is 12.5. The second-order valence-electron chi connectivity index (χ2n) is 5.83. The van der Waals surface area contributed by atoms with Crippen molar-refractivity contribution in [1.82, 2.24) is 10.2 Å². The van der Waals surface area contributed by atoms with Crippen molar-refractivity contribution in [3.05, 3.63) is 42.0 Å². The molecule has 0 radical (unpaired) electrons. The Balaban J connectivity index is 1.53. The van der Waals surface area contributed by atoms with Crippen molar-refractivity contribution in [2.24, 2.45) is 0 Å². The first-order valence-corrected chi connectivity index (χ1v) is 8.44. The van der Waals surface area contributed by atoms with E-state index in [1.807, 2.05) is 0 Å². The first-order chi connectivity index (χ1) is 13.7. The van der Waals surface area contributed by atoms with Crippen LogP contribution in [0.1, 0.15) is 10.4 Å². The highest BCUT2D eigenvalue weighted by Crippen LogP contribution is 2.34. The number of nitrogens with one attached hydrogen (secondary N) is 1. The second kappa shape index (κ2) is 7.47. The van der Waals surface area contributed by atoms with Gasteiger partial charge in [-0.05, 0) is 30.3 Å². The number of nitrogens with zero attached hydrogens (tertiary/aromatic N) is 2. The Bertz CT molecular complexity index is 994. The zero-order valence-electron chi connectivity index (χ0n) is 15.2. The highest BCUT2D eigenvalue weighted by molar-refractivity contribution is 6.03. The van der Waals surface area contributed by atoms with Gasteiger partial charge >= 0.3 is 6.01 Å². The molecule has 1 N–H and O–H groups in total. The Morgan fingerprint density at radius 2 is 1.68 bits per heavy atom. The van der Waals surface area contributed by atoms with Crippen molar-refractivity contribution in [2.75, 3.05) is 32.8 Å². The van der Waals surface area contributed by atoms with Gasteiger partial charge < -0.3 is 23.4 Å². The van der Waals surface area contributed by atoms with Crippen LogP contribution in [0.4, 0.5) is 6.01 Å². The summed E-state index contributed by atoms with van der Waals surface area (Å²) in [4.78, 5) is 12.5. The summed E-state index contributed by atoms with van der Waals surface area (Å²) >= 11 is 0. The molecule has 1 amide bonds. The summed E-state index contributed by atoms with van der Waals surface area (Å²) in [6.45, 7) is 0.990. The van der Waals surface area contributed by atoms with Crippen molar-refractivity contribution < 1.29 is 28.2 Å². The van der Waals surface area contributed by atoms with Gasteiger partial charge in [0.05, 0.1) is 14.2 Å². The van der Waals surface area contributed by atoms with Crippen LogP contribution < -0.4 is 24.3 Å². The number of fused-ring (bicyclic) bond motifs is 1. The van der Waals surface area contributed by atoms with Crippen molar-refractivity contribution in [3.63, 3.8) is 0 Å². The van der Waals surface area contributed by atoms with Gasteiger partial charge in [0.1, 0.15) is 24.7 Å². The number of rotatable bonds is 5. The van der Waals surface area contributed by atoms with Gasteiger partial charge in [0.25, 0.3) is 5.91 Å². The molecule has 9 nitrogen and oxygen atoms in total. The van der Waals surface area contributed by atoms with E-state index >= 15 is 0 Å². The first kappa shape index (κ1) is 17.7. The third-order valence-electron chi connectivity index (χ3n) is 4.05. The number of anilines is 1. The summed E-state index contributed by atoms with van der Waals surface area (Å²) in [5.41, 5.74) is 0.982. The lowest BCUT2D eigenvalue weighted by Gasteiger charge is -2.18. The fourth-order valence-corrected chi connectivity index (χ4v) is 2.67. The molecule has 0 fully saturated rings. The number of ether oxygens (including phenoxy) is 4. The van der Waals surface area contributed by atoms with E-state index in [1.54, 1.807) is 36.4 Å². The third-order valence-corrected chi connectivity index (χ3v) is 4.05. The molecule has 1 aromatic heterocycles. The predicted molar refractivity (Wildman–Crippen MR) is 98.2 cm³/mol. The van der Waals surface area contributed by atoms with E-state index in [9.17, 15) is 4.79 Å². The number of amides is 1. The molecule has 28 heavy (non-hydrogen) atoms. The minimum atomic E-state index is -0.436. The lowest BCUT2D eigenvalue weighted by atomic mass is 10.2. The molecular formula is C19H17N3O6. The summed E-state index contributed by atoms with van der Waals surface area (Å²) in [7, 11) is 3.02. The molecule has 144 valence electrons. The van der Waals surface area contributed by atoms with Gasteiger partial charge in [-0.1, -0.05) is 5.10 Å². The Morgan fingerprint density at radius 3 is 2.39 bits per heavy atom. The van der Waals surface area contributed by atoms with Crippen LogP contribution in [0.3, 0.4) is 0 Å². The molecule has 0 bridgehead atoms. The fourth-order valence-electron chi connectivity index (χ4n) is 2.67. The monoisotopic (exact) mass is 383 g/mol. The van der Waals surface area contributed by atoms with E-state index in [1.165, 1.54) is 14.2 Å². The van der Waals surface area contributed by atoms with Crippen LogP contribution in [0, 0.1) is 0 Å². The van der Waals surface area contributed by atoms with Gasteiger partial charge in [0.15, 0.2) is 11.5 Å². The van der Waals surface area contributed by atoms with E-state index in [2.05, 4.69) is 15.5 Å². The van der Waals surface area contributed by atoms with Crippen molar-refractivity contribution in [3.8, 4) is 34.5 Å². The Labute approximate surface area is 160 Å². The highest BCUT2D eigenvalue weighted by Gasteiger charge is 2.17. The van der Waals surface area contributed by atoms with Crippen molar-refractivity contribution in [1.29, 1.82) is 0 Å². The highest BCUT2D eigenvalue weighted by atomic mass is 16.6. The minimum absolute atomic E-state index is 0.0309. The lowest BCUT2D eigenvalue weighted by Crippen LogP contribution is -2.15. The molecule has 1 aliphatic heterocycles. The molecule has 0 saturated heterocycles.